The van der Waals surface area contributed by atoms with E-state index in [9.17, 15) is 18.0 Å². The van der Waals surface area contributed by atoms with E-state index in [4.69, 9.17) is 5.11 Å². The maximum Gasteiger partial charge on any atom is 0.326 e. The Morgan fingerprint density at radius 3 is 2.22 bits per heavy atom. The van der Waals surface area contributed by atoms with E-state index < -0.39 is 27.9 Å². The Morgan fingerprint density at radius 2 is 1.89 bits per heavy atom. The minimum Gasteiger partial charge on any atom is -0.480 e. The van der Waals surface area contributed by atoms with Crippen LogP contribution in [0, 0.1) is 5.92 Å². The predicted octanol–water partition coefficient (Wildman–Crippen LogP) is -0.507. The topological polar surface area (TPSA) is 104 Å². The van der Waals surface area contributed by atoms with E-state index >= 15 is 0 Å². The van der Waals surface area contributed by atoms with Gasteiger partial charge >= 0.3 is 5.97 Å². The lowest BCUT2D eigenvalue weighted by atomic mass is 9.99. The summed E-state index contributed by atoms with van der Waals surface area (Å²) in [5.41, 5.74) is 0. The third-order valence-electron chi connectivity index (χ3n) is 2.73. The molecule has 2 N–H and O–H groups in total. The van der Waals surface area contributed by atoms with Crippen LogP contribution < -0.4 is 5.32 Å². The van der Waals surface area contributed by atoms with Gasteiger partial charge in [-0.25, -0.2) is 13.2 Å². The maximum absolute atomic E-state index is 11.6. The van der Waals surface area contributed by atoms with E-state index in [-0.39, 0.29) is 12.5 Å². The van der Waals surface area contributed by atoms with E-state index in [1.54, 1.807) is 6.92 Å². The van der Waals surface area contributed by atoms with Gasteiger partial charge in [-0.1, -0.05) is 20.3 Å². The summed E-state index contributed by atoms with van der Waals surface area (Å²) in [6.45, 7) is 3.13. The highest BCUT2D eigenvalue weighted by atomic mass is 32.2. The van der Waals surface area contributed by atoms with E-state index in [2.05, 4.69) is 5.32 Å². The number of nitrogens with zero attached hydrogens (tertiary/aromatic N) is 1. The molecule has 1 amide bonds. The van der Waals surface area contributed by atoms with Crippen LogP contribution in [-0.4, -0.2) is 55.6 Å². The Balaban J connectivity index is 4.59. The molecule has 0 aromatic rings. The normalized spacial score (nSPS) is 15.2. The standard InChI is InChI=1S/C10H20N2O5S/c1-5-7(2)9(10(14)15)11-8(13)6-12(3)18(4,16)17/h7,9H,5-6H2,1-4H3,(H,11,13)(H,14,15). The molecule has 0 saturated carbocycles. The van der Waals surface area contributed by atoms with Crippen molar-refractivity contribution in [2.24, 2.45) is 5.92 Å². The van der Waals surface area contributed by atoms with Crippen molar-refractivity contribution >= 4 is 21.9 Å². The zero-order chi connectivity index (χ0) is 14.5. The Kier molecular flexibility index (Phi) is 6.27. The second kappa shape index (κ2) is 6.69. The third-order valence-corrected chi connectivity index (χ3v) is 3.99. The zero-order valence-corrected chi connectivity index (χ0v) is 11.8. The second-order valence-corrected chi connectivity index (χ2v) is 6.38. The van der Waals surface area contributed by atoms with Crippen molar-refractivity contribution in [1.29, 1.82) is 0 Å². The number of carbonyl (C=O) groups is 2. The summed E-state index contributed by atoms with van der Waals surface area (Å²) >= 11 is 0. The van der Waals surface area contributed by atoms with Crippen LogP contribution in [0.25, 0.3) is 0 Å². The van der Waals surface area contributed by atoms with Crippen molar-refractivity contribution in [3.63, 3.8) is 0 Å². The second-order valence-electron chi connectivity index (χ2n) is 4.29. The van der Waals surface area contributed by atoms with Gasteiger partial charge in [0.25, 0.3) is 0 Å². The minimum absolute atomic E-state index is 0.227. The van der Waals surface area contributed by atoms with Gasteiger partial charge in [-0.05, 0) is 5.92 Å². The molecule has 0 bridgehead atoms. The quantitative estimate of drug-likeness (QED) is 0.654. The molecule has 0 aliphatic rings. The highest BCUT2D eigenvalue weighted by molar-refractivity contribution is 7.88. The lowest BCUT2D eigenvalue weighted by Crippen LogP contribution is -2.48. The smallest absolute Gasteiger partial charge is 0.326 e. The van der Waals surface area contributed by atoms with Crippen LogP contribution in [0.5, 0.6) is 0 Å². The van der Waals surface area contributed by atoms with Gasteiger partial charge in [-0.3, -0.25) is 4.79 Å². The number of likely N-dealkylation sites (N-methyl/N-ethyl adjacent to an activating group) is 1. The molecule has 7 nitrogen and oxygen atoms in total. The van der Waals surface area contributed by atoms with Crippen molar-refractivity contribution in [2.45, 2.75) is 26.3 Å². The molecule has 0 heterocycles. The molecule has 2 unspecified atom stereocenters. The van der Waals surface area contributed by atoms with Gasteiger partial charge in [0.15, 0.2) is 0 Å². The number of nitrogens with one attached hydrogen (secondary N) is 1. The lowest BCUT2D eigenvalue weighted by molar-refractivity contribution is -0.143. The van der Waals surface area contributed by atoms with Crippen LogP contribution in [0.1, 0.15) is 20.3 Å². The van der Waals surface area contributed by atoms with Crippen LogP contribution >= 0.6 is 0 Å². The molecule has 0 fully saturated rings. The summed E-state index contributed by atoms with van der Waals surface area (Å²) in [5.74, 6) is -1.98. The number of aliphatic carboxylic acids is 1. The van der Waals surface area contributed by atoms with Crippen molar-refractivity contribution in [3.8, 4) is 0 Å². The maximum atomic E-state index is 11.6. The fourth-order valence-electron chi connectivity index (χ4n) is 1.22. The molecule has 0 rings (SSSR count). The minimum atomic E-state index is -3.45. The van der Waals surface area contributed by atoms with Crippen LogP contribution in [0.4, 0.5) is 0 Å². The number of carbonyl (C=O) groups excluding carboxylic acids is 1. The Morgan fingerprint density at radius 1 is 1.39 bits per heavy atom. The average Bonchev–Trinajstić information content (AvgIpc) is 2.23. The van der Waals surface area contributed by atoms with Crippen LogP contribution in [0.15, 0.2) is 0 Å². The first kappa shape index (κ1) is 16.9. The number of rotatable bonds is 7. The van der Waals surface area contributed by atoms with Gasteiger partial charge in [0.1, 0.15) is 6.04 Å². The van der Waals surface area contributed by atoms with E-state index in [1.807, 2.05) is 6.92 Å². The molecule has 0 aromatic heterocycles. The highest BCUT2D eigenvalue weighted by Gasteiger charge is 2.26. The number of hydrogen-bond donors (Lipinski definition) is 2. The zero-order valence-electron chi connectivity index (χ0n) is 11.0. The number of sulfonamides is 1. The molecule has 0 aliphatic carbocycles. The van der Waals surface area contributed by atoms with Crippen LogP contribution in [0.2, 0.25) is 0 Å². The molecule has 0 saturated heterocycles. The van der Waals surface area contributed by atoms with E-state index in [0.29, 0.717) is 6.42 Å². The predicted molar refractivity (Wildman–Crippen MR) is 66.5 cm³/mol. The highest BCUT2D eigenvalue weighted by Crippen LogP contribution is 2.07. The molecule has 18 heavy (non-hydrogen) atoms. The molecule has 0 aliphatic heterocycles. The SMILES string of the molecule is CCC(C)C(NC(=O)CN(C)S(C)(=O)=O)C(=O)O. The number of carboxylic acid groups (broad SMARTS) is 1. The van der Waals surface area contributed by atoms with Gasteiger partial charge in [-0.2, -0.15) is 4.31 Å². The fraction of sp³-hybridized carbons (Fsp3) is 0.800. The number of amides is 1. The Hall–Kier alpha value is -1.15. The van der Waals surface area contributed by atoms with Crippen molar-refractivity contribution < 1.29 is 23.1 Å². The summed E-state index contributed by atoms with van der Waals surface area (Å²) in [6.07, 6.45) is 1.57. The third kappa shape index (κ3) is 5.46. The van der Waals surface area contributed by atoms with Gasteiger partial charge in [0, 0.05) is 7.05 Å². The summed E-state index contributed by atoms with van der Waals surface area (Å²) < 4.78 is 23.1. The molecule has 8 heteroatoms. The van der Waals surface area contributed by atoms with Gasteiger partial charge < -0.3 is 10.4 Å². The first-order valence-corrected chi connectivity index (χ1v) is 7.37. The molecular weight excluding hydrogens is 260 g/mol. The lowest BCUT2D eigenvalue weighted by Gasteiger charge is -2.21. The first-order valence-electron chi connectivity index (χ1n) is 5.53. The summed E-state index contributed by atoms with van der Waals surface area (Å²) in [6, 6.07) is -1.00. The van der Waals surface area contributed by atoms with E-state index in [1.165, 1.54) is 7.05 Å². The average molecular weight is 280 g/mol. The molecular formula is C10H20N2O5S. The van der Waals surface area contributed by atoms with Gasteiger partial charge in [-0.15, -0.1) is 0 Å². The summed E-state index contributed by atoms with van der Waals surface area (Å²) in [5, 5.41) is 11.3. The van der Waals surface area contributed by atoms with Crippen LogP contribution in [-0.2, 0) is 19.6 Å². The Labute approximate surface area is 107 Å². The molecule has 0 aromatic carbocycles. The molecule has 0 radical (unpaired) electrons. The van der Waals surface area contributed by atoms with Gasteiger partial charge in [0.2, 0.25) is 15.9 Å². The molecule has 106 valence electrons. The summed E-state index contributed by atoms with van der Waals surface area (Å²) in [4.78, 5) is 22.5. The molecule has 0 spiro atoms. The van der Waals surface area contributed by atoms with Crippen molar-refractivity contribution in [1.82, 2.24) is 9.62 Å². The number of hydrogen-bond acceptors (Lipinski definition) is 4. The Bertz CT molecular complexity index is 406. The molecule has 2 atom stereocenters. The first-order chi connectivity index (χ1) is 8.09. The summed E-state index contributed by atoms with van der Waals surface area (Å²) in [7, 11) is -2.20. The fourth-order valence-corrected chi connectivity index (χ4v) is 1.57. The van der Waals surface area contributed by atoms with E-state index in [0.717, 1.165) is 10.6 Å². The van der Waals surface area contributed by atoms with Crippen LogP contribution in [0.3, 0.4) is 0 Å². The van der Waals surface area contributed by atoms with Crippen molar-refractivity contribution in [3.05, 3.63) is 0 Å². The largest absolute Gasteiger partial charge is 0.480 e. The van der Waals surface area contributed by atoms with Gasteiger partial charge in [0.05, 0.1) is 12.8 Å². The monoisotopic (exact) mass is 280 g/mol. The number of carboxylic acids is 1. The van der Waals surface area contributed by atoms with Crippen molar-refractivity contribution in [2.75, 3.05) is 19.8 Å².